The predicted octanol–water partition coefficient (Wildman–Crippen LogP) is 3.92. The number of nitrogens with one attached hydrogen (secondary N) is 2. The lowest BCUT2D eigenvalue weighted by molar-refractivity contribution is -0.135. The lowest BCUT2D eigenvalue weighted by Crippen LogP contribution is -2.35. The van der Waals surface area contributed by atoms with Crippen LogP contribution in [0.4, 0.5) is 11.5 Å². The number of hydrogen-bond donors (Lipinski definition) is 2. The normalized spacial score (nSPS) is 17.1. The maximum Gasteiger partial charge on any atom is 0.294 e. The monoisotopic (exact) mass is 519 g/mol. The standard InChI is InChI=1S/C28H33N5O5/c1-16-9-14-21(29-15-16)30-26(35)24-23(22-19(28(37)33(4)5)7-6-8-20(22)38-24)31-25(34)17-10-12-18(13-11-17)27(36)32(2)3/h6-9,14-15,17-18H,10-13H2,1-5H3,(H,31,34)(H,29,30,35)/t17-,18-. The number of amides is 4. The zero-order valence-electron chi connectivity index (χ0n) is 22.3. The van der Waals surface area contributed by atoms with E-state index in [0.717, 1.165) is 5.56 Å². The Morgan fingerprint density at radius 2 is 1.58 bits per heavy atom. The molecule has 4 rings (SSSR count). The molecule has 2 aromatic heterocycles. The van der Waals surface area contributed by atoms with Crippen molar-refractivity contribution in [1.82, 2.24) is 14.8 Å². The van der Waals surface area contributed by atoms with Crippen molar-refractivity contribution in [3.63, 3.8) is 0 Å². The number of carbonyl (C=O) groups is 4. The molecule has 1 aliphatic carbocycles. The SMILES string of the molecule is Cc1ccc(NC(=O)c2oc3cccc(C(=O)N(C)C)c3c2NC(=O)[C@H]2CC[C@H](C(=O)N(C)C)CC2)nc1. The summed E-state index contributed by atoms with van der Waals surface area (Å²) >= 11 is 0. The van der Waals surface area contributed by atoms with E-state index in [1.165, 1.54) is 4.90 Å². The Bertz CT molecular complexity index is 1370. The molecule has 1 aliphatic rings. The quantitative estimate of drug-likeness (QED) is 0.509. The van der Waals surface area contributed by atoms with E-state index in [1.807, 2.05) is 13.0 Å². The number of nitrogens with zero attached hydrogens (tertiary/aromatic N) is 3. The molecule has 10 nitrogen and oxygen atoms in total. The van der Waals surface area contributed by atoms with Gasteiger partial charge in [0.05, 0.1) is 10.9 Å². The zero-order chi connectivity index (χ0) is 27.6. The van der Waals surface area contributed by atoms with Crippen LogP contribution < -0.4 is 10.6 Å². The van der Waals surface area contributed by atoms with Crippen molar-refractivity contribution in [3.05, 3.63) is 53.4 Å². The lowest BCUT2D eigenvalue weighted by Gasteiger charge is -2.28. The van der Waals surface area contributed by atoms with Crippen LogP contribution in [0, 0.1) is 18.8 Å². The first-order valence-electron chi connectivity index (χ1n) is 12.6. The molecule has 10 heteroatoms. The number of aryl methyl sites for hydroxylation is 1. The summed E-state index contributed by atoms with van der Waals surface area (Å²) in [5.74, 6) is -1.33. The van der Waals surface area contributed by atoms with Gasteiger partial charge < -0.3 is 24.9 Å². The van der Waals surface area contributed by atoms with Crippen LogP contribution in [0.25, 0.3) is 11.0 Å². The molecule has 3 aromatic rings. The van der Waals surface area contributed by atoms with Crippen molar-refractivity contribution < 1.29 is 23.6 Å². The van der Waals surface area contributed by atoms with Gasteiger partial charge in [-0.2, -0.15) is 0 Å². The topological polar surface area (TPSA) is 125 Å². The zero-order valence-corrected chi connectivity index (χ0v) is 22.3. The second kappa shape index (κ2) is 11.0. The van der Waals surface area contributed by atoms with Gasteiger partial charge >= 0.3 is 0 Å². The summed E-state index contributed by atoms with van der Waals surface area (Å²) in [6, 6.07) is 8.44. The predicted molar refractivity (Wildman–Crippen MR) is 144 cm³/mol. The van der Waals surface area contributed by atoms with Crippen LogP contribution in [0.1, 0.15) is 52.2 Å². The molecule has 38 heavy (non-hydrogen) atoms. The average molecular weight is 520 g/mol. The maximum absolute atomic E-state index is 13.4. The van der Waals surface area contributed by atoms with Crippen LogP contribution in [0.5, 0.6) is 0 Å². The molecular weight excluding hydrogens is 486 g/mol. The van der Waals surface area contributed by atoms with Gasteiger partial charge in [0.25, 0.3) is 11.8 Å². The molecule has 0 unspecified atom stereocenters. The molecule has 1 aromatic carbocycles. The summed E-state index contributed by atoms with van der Waals surface area (Å²) in [5.41, 5.74) is 1.69. The minimum absolute atomic E-state index is 0.0696. The van der Waals surface area contributed by atoms with Crippen LogP contribution >= 0.6 is 0 Å². The summed E-state index contributed by atoms with van der Waals surface area (Å²) in [4.78, 5) is 59.3. The molecule has 0 aliphatic heterocycles. The molecule has 0 spiro atoms. The van der Waals surface area contributed by atoms with Crippen molar-refractivity contribution in [2.24, 2.45) is 11.8 Å². The number of aromatic nitrogens is 1. The minimum Gasteiger partial charge on any atom is -0.449 e. The fraction of sp³-hybridized carbons (Fsp3) is 0.393. The molecule has 0 atom stereocenters. The van der Waals surface area contributed by atoms with E-state index in [1.54, 1.807) is 63.6 Å². The van der Waals surface area contributed by atoms with Gasteiger partial charge in [-0.25, -0.2) is 4.98 Å². The summed E-state index contributed by atoms with van der Waals surface area (Å²) in [6.45, 7) is 1.89. The summed E-state index contributed by atoms with van der Waals surface area (Å²) in [5, 5.41) is 5.97. The lowest BCUT2D eigenvalue weighted by atomic mass is 9.81. The molecular formula is C28H33N5O5. The Balaban J connectivity index is 1.67. The van der Waals surface area contributed by atoms with Crippen molar-refractivity contribution in [1.29, 1.82) is 0 Å². The molecule has 2 heterocycles. The summed E-state index contributed by atoms with van der Waals surface area (Å²) < 4.78 is 5.92. The third kappa shape index (κ3) is 5.53. The first-order valence-corrected chi connectivity index (χ1v) is 12.6. The highest BCUT2D eigenvalue weighted by Crippen LogP contribution is 2.37. The molecule has 4 amide bonds. The number of fused-ring (bicyclic) bond motifs is 1. The van der Waals surface area contributed by atoms with Gasteiger partial charge in [0.1, 0.15) is 17.1 Å². The Labute approximate surface area is 221 Å². The smallest absolute Gasteiger partial charge is 0.294 e. The van der Waals surface area contributed by atoms with Crippen LogP contribution in [-0.4, -0.2) is 66.6 Å². The second-order valence-electron chi connectivity index (χ2n) is 10.1. The van der Waals surface area contributed by atoms with E-state index in [9.17, 15) is 19.2 Å². The Hall–Kier alpha value is -4.21. The average Bonchev–Trinajstić information content (AvgIpc) is 3.27. The van der Waals surface area contributed by atoms with Gasteiger partial charge in [-0.1, -0.05) is 12.1 Å². The highest BCUT2D eigenvalue weighted by molar-refractivity contribution is 6.19. The molecule has 2 N–H and O–H groups in total. The fourth-order valence-electron chi connectivity index (χ4n) is 4.75. The van der Waals surface area contributed by atoms with Gasteiger partial charge in [0.15, 0.2) is 0 Å². The molecule has 1 saturated carbocycles. The molecule has 0 radical (unpaired) electrons. The van der Waals surface area contributed by atoms with Gasteiger partial charge in [-0.15, -0.1) is 0 Å². The second-order valence-corrected chi connectivity index (χ2v) is 10.1. The number of pyridine rings is 1. The molecule has 0 bridgehead atoms. The molecule has 1 fully saturated rings. The third-order valence-electron chi connectivity index (χ3n) is 6.85. The van der Waals surface area contributed by atoms with E-state index >= 15 is 0 Å². The first-order chi connectivity index (χ1) is 18.1. The number of anilines is 2. The van der Waals surface area contributed by atoms with Gasteiger partial charge in [-0.3, -0.25) is 19.2 Å². The molecule has 200 valence electrons. The summed E-state index contributed by atoms with van der Waals surface area (Å²) in [6.07, 6.45) is 3.94. The number of rotatable bonds is 6. The number of furan rings is 1. The largest absolute Gasteiger partial charge is 0.449 e. The van der Waals surface area contributed by atoms with Crippen LogP contribution in [0.15, 0.2) is 40.9 Å². The highest BCUT2D eigenvalue weighted by atomic mass is 16.3. The van der Waals surface area contributed by atoms with Crippen molar-refractivity contribution in [3.8, 4) is 0 Å². The van der Waals surface area contributed by atoms with E-state index in [0.29, 0.717) is 48.0 Å². The number of benzene rings is 1. The van der Waals surface area contributed by atoms with Gasteiger partial charge in [0.2, 0.25) is 17.6 Å². The van der Waals surface area contributed by atoms with Crippen LogP contribution in [0.3, 0.4) is 0 Å². The Kier molecular flexibility index (Phi) is 7.80. The number of hydrogen-bond acceptors (Lipinski definition) is 6. The van der Waals surface area contributed by atoms with E-state index in [2.05, 4.69) is 15.6 Å². The van der Waals surface area contributed by atoms with Crippen molar-refractivity contribution in [2.75, 3.05) is 38.8 Å². The first kappa shape index (κ1) is 26.8. The van der Waals surface area contributed by atoms with Gasteiger partial charge in [-0.05, 0) is 56.4 Å². The number of carbonyl (C=O) groups excluding carboxylic acids is 4. The van der Waals surface area contributed by atoms with E-state index in [-0.39, 0.29) is 41.0 Å². The van der Waals surface area contributed by atoms with Gasteiger partial charge in [0, 0.05) is 46.2 Å². The Morgan fingerprint density at radius 1 is 0.895 bits per heavy atom. The fourth-order valence-corrected chi connectivity index (χ4v) is 4.75. The van der Waals surface area contributed by atoms with Crippen molar-refractivity contribution >= 4 is 46.1 Å². The Morgan fingerprint density at radius 3 is 2.18 bits per heavy atom. The highest BCUT2D eigenvalue weighted by Gasteiger charge is 2.33. The minimum atomic E-state index is -0.601. The maximum atomic E-state index is 13.4. The third-order valence-corrected chi connectivity index (χ3v) is 6.85. The summed E-state index contributed by atoms with van der Waals surface area (Å²) in [7, 11) is 6.72. The van der Waals surface area contributed by atoms with Crippen LogP contribution in [-0.2, 0) is 9.59 Å². The molecule has 0 saturated heterocycles. The van der Waals surface area contributed by atoms with E-state index in [4.69, 9.17) is 4.42 Å². The van der Waals surface area contributed by atoms with E-state index < -0.39 is 5.91 Å². The van der Waals surface area contributed by atoms with Crippen molar-refractivity contribution in [2.45, 2.75) is 32.6 Å². The van der Waals surface area contributed by atoms with Crippen LogP contribution in [0.2, 0.25) is 0 Å².